The van der Waals surface area contributed by atoms with Crippen LogP contribution < -0.4 is 5.32 Å². The quantitative estimate of drug-likeness (QED) is 0.601. The number of rotatable bonds is 7. The summed E-state index contributed by atoms with van der Waals surface area (Å²) in [5.41, 5.74) is 0.784. The molecule has 1 aromatic carbocycles. The Morgan fingerprint density at radius 2 is 2.09 bits per heavy atom. The van der Waals surface area contributed by atoms with Gasteiger partial charge in [-0.1, -0.05) is 17.3 Å². The first-order chi connectivity index (χ1) is 11.3. The van der Waals surface area contributed by atoms with Crippen molar-refractivity contribution in [1.82, 2.24) is 25.0 Å². The average Bonchev–Trinajstić information content (AvgIpc) is 3.09. The highest BCUT2D eigenvalue weighted by atomic mass is 32.2. The molecule has 9 heteroatoms. The van der Waals surface area contributed by atoms with Crippen molar-refractivity contribution in [3.8, 4) is 5.95 Å². The Morgan fingerprint density at radius 3 is 2.87 bits per heavy atom. The zero-order chi connectivity index (χ0) is 16.1. The zero-order valence-corrected chi connectivity index (χ0v) is 13.1. The van der Waals surface area contributed by atoms with E-state index < -0.39 is 11.2 Å². The summed E-state index contributed by atoms with van der Waals surface area (Å²) in [7, 11) is 0. The molecule has 0 fully saturated rings. The van der Waals surface area contributed by atoms with Crippen molar-refractivity contribution in [3.05, 3.63) is 36.7 Å². The molecule has 2 N–H and O–H groups in total. The molecule has 0 saturated carbocycles. The lowest BCUT2D eigenvalue weighted by molar-refractivity contribution is 0.319. The highest BCUT2D eigenvalue weighted by molar-refractivity contribution is 7.91. The van der Waals surface area contributed by atoms with Crippen LogP contribution >= 0.6 is 0 Å². The van der Waals surface area contributed by atoms with Crippen LogP contribution in [0.5, 0.6) is 0 Å². The van der Waals surface area contributed by atoms with Gasteiger partial charge in [-0.25, -0.2) is 4.98 Å². The first-order valence-corrected chi connectivity index (χ1v) is 8.60. The first kappa shape index (κ1) is 15.7. The number of aromatic nitrogens is 5. The van der Waals surface area contributed by atoms with Crippen molar-refractivity contribution < 1.29 is 9.66 Å². The van der Waals surface area contributed by atoms with Crippen LogP contribution in [0.4, 0.5) is 5.82 Å². The summed E-state index contributed by atoms with van der Waals surface area (Å²) in [6, 6.07) is 7.64. The number of nitrogens with zero attached hydrogens (tertiary/aromatic N) is 5. The molecule has 3 rings (SSSR count). The Morgan fingerprint density at radius 1 is 1.22 bits per heavy atom. The minimum Gasteiger partial charge on any atom is -0.616 e. The molecule has 23 heavy (non-hydrogen) atoms. The molecule has 1 atom stereocenters. The Labute approximate surface area is 135 Å². The van der Waals surface area contributed by atoms with Gasteiger partial charge in [0.15, 0.2) is 0 Å². The van der Waals surface area contributed by atoms with Crippen LogP contribution in [0.1, 0.15) is 0 Å². The van der Waals surface area contributed by atoms with Gasteiger partial charge in [-0.2, -0.15) is 9.67 Å². The maximum Gasteiger partial charge on any atom is 0.254 e. The highest BCUT2D eigenvalue weighted by Gasteiger charge is 2.10. The van der Waals surface area contributed by atoms with Gasteiger partial charge in [0.05, 0.1) is 31.1 Å². The van der Waals surface area contributed by atoms with Crippen molar-refractivity contribution in [2.24, 2.45) is 0 Å². The number of hydrogen-bond donors (Lipinski definition) is 2. The van der Waals surface area contributed by atoms with Gasteiger partial charge in [0, 0.05) is 5.39 Å². The molecule has 2 aromatic heterocycles. The Bertz CT molecular complexity index is 767. The van der Waals surface area contributed by atoms with E-state index in [1.807, 2.05) is 24.3 Å². The number of aliphatic hydroxyl groups is 1. The van der Waals surface area contributed by atoms with E-state index in [2.05, 4.69) is 25.6 Å². The summed E-state index contributed by atoms with van der Waals surface area (Å²) < 4.78 is 13.1. The standard InChI is InChI=1S/C14H16N6O2S/c21-8-10-23(22)9-6-15-13-11-3-1-2-4-12(11)17-14(18-13)20-7-5-16-19-20/h1-5,7,21H,6,8-10H2,(H,15,17,18). The van der Waals surface area contributed by atoms with E-state index in [9.17, 15) is 4.55 Å². The van der Waals surface area contributed by atoms with Crippen LogP contribution in [0.15, 0.2) is 36.7 Å². The van der Waals surface area contributed by atoms with Crippen molar-refractivity contribution >= 4 is 27.9 Å². The van der Waals surface area contributed by atoms with E-state index in [0.29, 0.717) is 24.1 Å². The number of anilines is 1. The second-order valence-electron chi connectivity index (χ2n) is 4.74. The lowest BCUT2D eigenvalue weighted by Crippen LogP contribution is -2.20. The molecule has 0 radical (unpaired) electrons. The number of fused-ring (bicyclic) bond motifs is 1. The van der Waals surface area contributed by atoms with E-state index in [1.165, 1.54) is 4.68 Å². The maximum atomic E-state index is 11.6. The largest absolute Gasteiger partial charge is 0.616 e. The van der Waals surface area contributed by atoms with Crippen molar-refractivity contribution in [3.63, 3.8) is 0 Å². The van der Waals surface area contributed by atoms with Gasteiger partial charge in [-0.05, 0) is 23.3 Å². The Hall–Kier alpha value is -2.23. The number of aliphatic hydroxyl groups excluding tert-OH is 1. The molecule has 0 aliphatic carbocycles. The molecule has 0 spiro atoms. The molecule has 0 amide bonds. The third-order valence-corrected chi connectivity index (χ3v) is 4.46. The van der Waals surface area contributed by atoms with Crippen LogP contribution in [0.3, 0.4) is 0 Å². The summed E-state index contributed by atoms with van der Waals surface area (Å²) in [5.74, 6) is 1.80. The summed E-state index contributed by atoms with van der Waals surface area (Å²) in [6.45, 7) is 0.421. The lowest BCUT2D eigenvalue weighted by atomic mass is 10.2. The topological polar surface area (TPSA) is 112 Å². The Kier molecular flexibility index (Phi) is 5.01. The third-order valence-electron chi connectivity index (χ3n) is 3.16. The van der Waals surface area contributed by atoms with Gasteiger partial charge in [-0.15, -0.1) is 5.10 Å². The molecule has 0 bridgehead atoms. The van der Waals surface area contributed by atoms with Crippen LogP contribution in [-0.2, 0) is 11.2 Å². The summed E-state index contributed by atoms with van der Waals surface area (Å²) >= 11 is -1.05. The molecule has 0 aliphatic rings. The van der Waals surface area contributed by atoms with Crippen LogP contribution in [0.2, 0.25) is 0 Å². The van der Waals surface area contributed by atoms with Crippen molar-refractivity contribution in [1.29, 1.82) is 0 Å². The van der Waals surface area contributed by atoms with Gasteiger partial charge < -0.3 is 15.0 Å². The molecular weight excluding hydrogens is 316 g/mol. The smallest absolute Gasteiger partial charge is 0.254 e. The molecule has 3 aromatic rings. The van der Waals surface area contributed by atoms with Crippen LogP contribution in [0.25, 0.3) is 16.9 Å². The van der Waals surface area contributed by atoms with Gasteiger partial charge in [-0.3, -0.25) is 0 Å². The minimum absolute atomic E-state index is 0.0699. The predicted molar refractivity (Wildman–Crippen MR) is 87.9 cm³/mol. The molecule has 2 heterocycles. The van der Waals surface area contributed by atoms with Gasteiger partial charge in [0.2, 0.25) is 0 Å². The second-order valence-corrected chi connectivity index (χ2v) is 6.43. The van der Waals surface area contributed by atoms with E-state index >= 15 is 0 Å². The lowest BCUT2D eigenvalue weighted by Gasteiger charge is -2.12. The van der Waals surface area contributed by atoms with E-state index in [0.717, 1.165) is 10.9 Å². The molecule has 0 aliphatic heterocycles. The molecule has 0 saturated heterocycles. The van der Waals surface area contributed by atoms with E-state index in [-0.39, 0.29) is 12.4 Å². The average molecular weight is 332 g/mol. The second kappa shape index (κ2) is 7.36. The van der Waals surface area contributed by atoms with Crippen molar-refractivity contribution in [2.45, 2.75) is 0 Å². The number of para-hydroxylation sites is 1. The summed E-state index contributed by atoms with van der Waals surface area (Å²) in [4.78, 5) is 8.94. The third kappa shape index (κ3) is 3.76. The molecule has 8 nitrogen and oxygen atoms in total. The Balaban J connectivity index is 1.85. The summed E-state index contributed by atoms with van der Waals surface area (Å²) in [5, 5.41) is 20.5. The zero-order valence-electron chi connectivity index (χ0n) is 12.3. The number of nitrogens with one attached hydrogen (secondary N) is 1. The van der Waals surface area contributed by atoms with Gasteiger partial charge in [0.25, 0.3) is 5.95 Å². The first-order valence-electron chi connectivity index (χ1n) is 7.11. The fourth-order valence-electron chi connectivity index (χ4n) is 2.10. The predicted octanol–water partition coefficient (Wildman–Crippen LogP) is 0.363. The van der Waals surface area contributed by atoms with Gasteiger partial charge in [0.1, 0.15) is 17.3 Å². The maximum absolute atomic E-state index is 11.6. The molecule has 120 valence electrons. The van der Waals surface area contributed by atoms with E-state index in [1.54, 1.807) is 12.4 Å². The number of benzene rings is 1. The SMILES string of the molecule is [O-][S+](CCO)CCNc1nc(-n2ccnn2)nc2ccccc12. The fraction of sp³-hybridized carbons (Fsp3) is 0.286. The normalized spacial score (nSPS) is 12.4. The highest BCUT2D eigenvalue weighted by Crippen LogP contribution is 2.20. The van der Waals surface area contributed by atoms with Crippen LogP contribution in [0, 0.1) is 0 Å². The van der Waals surface area contributed by atoms with Crippen LogP contribution in [-0.4, -0.2) is 59.3 Å². The van der Waals surface area contributed by atoms with E-state index in [4.69, 9.17) is 5.11 Å². The molecule has 1 unspecified atom stereocenters. The fourth-order valence-corrected chi connectivity index (χ4v) is 2.84. The van der Waals surface area contributed by atoms with Crippen molar-refractivity contribution in [2.75, 3.05) is 30.0 Å². The van der Waals surface area contributed by atoms with Gasteiger partial charge >= 0.3 is 0 Å². The minimum atomic E-state index is -1.05. The monoisotopic (exact) mass is 332 g/mol. The summed E-state index contributed by atoms with van der Waals surface area (Å²) in [6.07, 6.45) is 3.23. The number of hydrogen-bond acceptors (Lipinski definition) is 7. The molecular formula is C14H16N6O2S.